The zero-order chi connectivity index (χ0) is 13.3. The highest BCUT2D eigenvalue weighted by atomic mass is 16.6. The summed E-state index contributed by atoms with van der Waals surface area (Å²) in [5.41, 5.74) is 1.51. The van der Waals surface area contributed by atoms with E-state index in [-0.39, 0.29) is 12.3 Å². The molecule has 0 aliphatic heterocycles. The predicted octanol–water partition coefficient (Wildman–Crippen LogP) is 2.32. The Morgan fingerprint density at radius 3 is 2.72 bits per heavy atom. The van der Waals surface area contributed by atoms with Gasteiger partial charge in [0, 0.05) is 36.5 Å². The molecule has 0 amide bonds. The molecular weight excluding hydrogens is 232 g/mol. The van der Waals surface area contributed by atoms with Crippen LogP contribution in [-0.2, 0) is 6.61 Å². The fraction of sp³-hybridized carbons (Fsp3) is 0.538. The molecule has 0 aromatic heterocycles. The normalized spacial score (nSPS) is 16.4. The van der Waals surface area contributed by atoms with Crippen molar-refractivity contribution >= 4 is 11.4 Å². The number of hydrogen-bond acceptors (Lipinski definition) is 4. The third kappa shape index (κ3) is 2.46. The van der Waals surface area contributed by atoms with Gasteiger partial charge in [-0.3, -0.25) is 10.1 Å². The minimum absolute atomic E-state index is 0.0234. The molecular formula is C13H18N2O3. The van der Waals surface area contributed by atoms with Crippen molar-refractivity contribution in [3.05, 3.63) is 33.9 Å². The van der Waals surface area contributed by atoms with Gasteiger partial charge in [-0.1, -0.05) is 0 Å². The Morgan fingerprint density at radius 1 is 1.56 bits per heavy atom. The van der Waals surface area contributed by atoms with Gasteiger partial charge in [0.1, 0.15) is 0 Å². The first-order chi connectivity index (χ1) is 8.54. The molecule has 1 aromatic rings. The summed E-state index contributed by atoms with van der Waals surface area (Å²) in [6.07, 6.45) is 2.49. The maximum Gasteiger partial charge on any atom is 0.269 e. The van der Waals surface area contributed by atoms with Gasteiger partial charge in [-0.05, 0) is 31.7 Å². The predicted molar refractivity (Wildman–Crippen MR) is 69.6 cm³/mol. The van der Waals surface area contributed by atoms with Crippen LogP contribution in [0.4, 0.5) is 11.4 Å². The molecule has 5 nitrogen and oxygen atoms in total. The minimum Gasteiger partial charge on any atom is -0.392 e. The second-order valence-electron chi connectivity index (χ2n) is 4.92. The number of nitrogens with zero attached hydrogens (tertiary/aromatic N) is 2. The van der Waals surface area contributed by atoms with Gasteiger partial charge >= 0.3 is 0 Å². The van der Waals surface area contributed by atoms with Crippen molar-refractivity contribution in [1.82, 2.24) is 0 Å². The number of non-ortho nitro benzene ring substituents is 1. The SMILES string of the molecule is CC(C1CC1)N(C)c1ccc([N+](=O)[O-])cc1CO. The maximum atomic E-state index is 10.7. The van der Waals surface area contributed by atoms with Gasteiger partial charge in [0.05, 0.1) is 11.5 Å². The molecule has 1 saturated carbocycles. The van der Waals surface area contributed by atoms with E-state index in [0.717, 1.165) is 5.69 Å². The smallest absolute Gasteiger partial charge is 0.269 e. The molecule has 1 aromatic carbocycles. The zero-order valence-corrected chi connectivity index (χ0v) is 10.7. The Bertz CT molecular complexity index is 458. The van der Waals surface area contributed by atoms with Crippen molar-refractivity contribution in [3.63, 3.8) is 0 Å². The fourth-order valence-electron chi connectivity index (χ4n) is 2.27. The minimum atomic E-state index is -0.437. The van der Waals surface area contributed by atoms with E-state index in [4.69, 9.17) is 0 Å². The van der Waals surface area contributed by atoms with Crippen molar-refractivity contribution in [2.45, 2.75) is 32.4 Å². The van der Waals surface area contributed by atoms with Crippen LogP contribution in [0.25, 0.3) is 0 Å². The molecule has 1 aliphatic carbocycles. The molecule has 1 unspecified atom stereocenters. The molecule has 1 atom stereocenters. The van der Waals surface area contributed by atoms with Crippen molar-refractivity contribution < 1.29 is 10.0 Å². The van der Waals surface area contributed by atoms with E-state index in [1.165, 1.54) is 25.0 Å². The Balaban J connectivity index is 2.28. The average molecular weight is 250 g/mol. The summed E-state index contributed by atoms with van der Waals surface area (Å²) in [5, 5.41) is 20.1. The average Bonchev–Trinajstić information content (AvgIpc) is 3.20. The molecule has 1 aliphatic rings. The summed E-state index contributed by atoms with van der Waals surface area (Å²) in [5.74, 6) is 0.705. The van der Waals surface area contributed by atoms with Crippen molar-refractivity contribution in [2.75, 3.05) is 11.9 Å². The van der Waals surface area contributed by atoms with Crippen LogP contribution < -0.4 is 4.90 Å². The zero-order valence-electron chi connectivity index (χ0n) is 10.7. The highest BCUT2D eigenvalue weighted by Gasteiger charge is 2.31. The Morgan fingerprint density at radius 2 is 2.22 bits per heavy atom. The van der Waals surface area contributed by atoms with Gasteiger partial charge in [-0.2, -0.15) is 0 Å². The number of anilines is 1. The Labute approximate surface area is 106 Å². The number of nitro groups is 1. The van der Waals surface area contributed by atoms with Crippen molar-refractivity contribution in [2.24, 2.45) is 5.92 Å². The quantitative estimate of drug-likeness (QED) is 0.643. The molecule has 5 heteroatoms. The lowest BCUT2D eigenvalue weighted by Crippen LogP contribution is -2.31. The maximum absolute atomic E-state index is 10.7. The Hall–Kier alpha value is -1.62. The largest absolute Gasteiger partial charge is 0.392 e. The number of nitro benzene ring substituents is 1. The first-order valence-electron chi connectivity index (χ1n) is 6.15. The van der Waals surface area contributed by atoms with Gasteiger partial charge in [0.15, 0.2) is 0 Å². The van der Waals surface area contributed by atoms with Crippen LogP contribution in [0.5, 0.6) is 0 Å². The molecule has 1 fully saturated rings. The topological polar surface area (TPSA) is 66.6 Å². The molecule has 0 saturated heterocycles. The number of hydrogen-bond donors (Lipinski definition) is 1. The number of aliphatic hydroxyl groups is 1. The van der Waals surface area contributed by atoms with Crippen LogP contribution >= 0.6 is 0 Å². The Kier molecular flexibility index (Phi) is 3.52. The lowest BCUT2D eigenvalue weighted by molar-refractivity contribution is -0.384. The number of benzene rings is 1. The van der Waals surface area contributed by atoms with E-state index in [1.807, 2.05) is 7.05 Å². The third-order valence-electron chi connectivity index (χ3n) is 3.74. The van der Waals surface area contributed by atoms with Gasteiger partial charge in [-0.25, -0.2) is 0 Å². The van der Waals surface area contributed by atoms with Gasteiger partial charge in [-0.15, -0.1) is 0 Å². The van der Waals surface area contributed by atoms with Gasteiger partial charge in [0.2, 0.25) is 0 Å². The van der Waals surface area contributed by atoms with Crippen LogP contribution in [0.15, 0.2) is 18.2 Å². The highest BCUT2D eigenvalue weighted by Crippen LogP contribution is 2.37. The molecule has 1 N–H and O–H groups in total. The lowest BCUT2D eigenvalue weighted by Gasteiger charge is -2.28. The van der Waals surface area contributed by atoms with Crippen LogP contribution in [0.2, 0.25) is 0 Å². The standard InChI is InChI=1S/C13H18N2O3/c1-9(10-3-4-10)14(2)13-6-5-12(15(17)18)7-11(13)8-16/h5-7,9-10,16H,3-4,8H2,1-2H3. The summed E-state index contributed by atoms with van der Waals surface area (Å²) < 4.78 is 0. The van der Waals surface area contributed by atoms with E-state index in [9.17, 15) is 15.2 Å². The first-order valence-corrected chi connectivity index (χ1v) is 6.15. The molecule has 0 radical (unpaired) electrons. The third-order valence-corrected chi connectivity index (χ3v) is 3.74. The van der Waals surface area contributed by atoms with Crippen molar-refractivity contribution in [3.8, 4) is 0 Å². The highest BCUT2D eigenvalue weighted by molar-refractivity contribution is 5.58. The van der Waals surface area contributed by atoms with Crippen LogP contribution in [0, 0.1) is 16.0 Å². The van der Waals surface area contributed by atoms with E-state index < -0.39 is 4.92 Å². The fourth-order valence-corrected chi connectivity index (χ4v) is 2.27. The monoisotopic (exact) mass is 250 g/mol. The van der Waals surface area contributed by atoms with Crippen LogP contribution in [-0.4, -0.2) is 23.1 Å². The molecule has 0 heterocycles. The summed E-state index contributed by atoms with van der Waals surface area (Å²) in [6, 6.07) is 5.07. The second-order valence-corrected chi connectivity index (χ2v) is 4.92. The molecule has 18 heavy (non-hydrogen) atoms. The summed E-state index contributed by atoms with van der Waals surface area (Å²) in [4.78, 5) is 12.4. The van der Waals surface area contributed by atoms with Crippen LogP contribution in [0.3, 0.4) is 0 Å². The van der Waals surface area contributed by atoms with E-state index in [1.54, 1.807) is 6.07 Å². The molecule has 0 spiro atoms. The van der Waals surface area contributed by atoms with Crippen molar-refractivity contribution in [1.29, 1.82) is 0 Å². The van der Waals surface area contributed by atoms with E-state index in [0.29, 0.717) is 17.5 Å². The molecule has 0 bridgehead atoms. The first kappa shape index (κ1) is 12.8. The number of aliphatic hydroxyl groups excluding tert-OH is 1. The van der Waals surface area contributed by atoms with Gasteiger partial charge in [0.25, 0.3) is 5.69 Å². The summed E-state index contributed by atoms with van der Waals surface area (Å²) >= 11 is 0. The van der Waals surface area contributed by atoms with Crippen LogP contribution in [0.1, 0.15) is 25.3 Å². The summed E-state index contributed by atoms with van der Waals surface area (Å²) in [7, 11) is 1.98. The van der Waals surface area contributed by atoms with Gasteiger partial charge < -0.3 is 10.0 Å². The lowest BCUT2D eigenvalue weighted by atomic mass is 10.1. The molecule has 2 rings (SSSR count). The summed E-state index contributed by atoms with van der Waals surface area (Å²) in [6.45, 7) is 1.97. The van der Waals surface area contributed by atoms with E-state index >= 15 is 0 Å². The number of rotatable bonds is 5. The van der Waals surface area contributed by atoms with E-state index in [2.05, 4.69) is 11.8 Å². The second kappa shape index (κ2) is 4.94. The molecule has 98 valence electrons.